The molecule has 0 aromatic heterocycles. The third-order valence-electron chi connectivity index (χ3n) is 4.06. The standard InChI is InChI=1S/C18H18FNO3/c1-22-12-10-16-14(17(11-12)23-2)7-5-9-20(16)18(21)13-6-3-4-8-15(13)19/h3-4,6,8,10-11H,5,7,9H2,1-2H3. The minimum absolute atomic E-state index is 0.0714. The molecule has 0 saturated carbocycles. The number of carbonyl (C=O) groups is 1. The predicted molar refractivity (Wildman–Crippen MR) is 85.9 cm³/mol. The van der Waals surface area contributed by atoms with Gasteiger partial charge in [0, 0.05) is 24.2 Å². The Labute approximate surface area is 134 Å². The second kappa shape index (κ2) is 6.28. The smallest absolute Gasteiger partial charge is 0.261 e. The Hall–Kier alpha value is -2.56. The van der Waals surface area contributed by atoms with Crippen molar-refractivity contribution in [3.63, 3.8) is 0 Å². The molecule has 0 atom stereocenters. The van der Waals surface area contributed by atoms with Gasteiger partial charge in [-0.1, -0.05) is 12.1 Å². The molecular formula is C18H18FNO3. The maximum Gasteiger partial charge on any atom is 0.261 e. The van der Waals surface area contributed by atoms with Gasteiger partial charge in [-0.25, -0.2) is 4.39 Å². The van der Waals surface area contributed by atoms with Crippen molar-refractivity contribution in [3.05, 3.63) is 53.3 Å². The number of anilines is 1. The number of carbonyl (C=O) groups excluding carboxylic acids is 1. The van der Waals surface area contributed by atoms with Crippen molar-refractivity contribution in [2.45, 2.75) is 12.8 Å². The van der Waals surface area contributed by atoms with Gasteiger partial charge in [-0.3, -0.25) is 4.79 Å². The molecule has 5 heteroatoms. The first-order valence-electron chi connectivity index (χ1n) is 7.47. The van der Waals surface area contributed by atoms with Crippen molar-refractivity contribution >= 4 is 11.6 Å². The van der Waals surface area contributed by atoms with Gasteiger partial charge in [0.1, 0.15) is 17.3 Å². The first-order chi connectivity index (χ1) is 11.2. The Kier molecular flexibility index (Phi) is 4.19. The van der Waals surface area contributed by atoms with Crippen molar-refractivity contribution in [3.8, 4) is 11.5 Å². The molecule has 0 spiro atoms. The molecule has 0 unspecified atom stereocenters. The molecule has 120 valence electrons. The van der Waals surface area contributed by atoms with Crippen LogP contribution in [-0.4, -0.2) is 26.7 Å². The minimum atomic E-state index is -0.514. The molecule has 3 rings (SSSR count). The molecule has 0 bridgehead atoms. The third kappa shape index (κ3) is 2.74. The summed E-state index contributed by atoms with van der Waals surface area (Å²) in [6.45, 7) is 0.538. The Bertz CT molecular complexity index is 745. The summed E-state index contributed by atoms with van der Waals surface area (Å²) in [6.07, 6.45) is 1.61. The van der Waals surface area contributed by atoms with Crippen LogP contribution in [0, 0.1) is 5.82 Å². The van der Waals surface area contributed by atoms with Crippen LogP contribution < -0.4 is 14.4 Å². The van der Waals surface area contributed by atoms with E-state index in [9.17, 15) is 9.18 Å². The second-order valence-corrected chi connectivity index (χ2v) is 5.37. The van der Waals surface area contributed by atoms with Crippen LogP contribution in [0.1, 0.15) is 22.3 Å². The van der Waals surface area contributed by atoms with Gasteiger partial charge in [0.25, 0.3) is 5.91 Å². The van der Waals surface area contributed by atoms with E-state index in [0.29, 0.717) is 18.0 Å². The highest BCUT2D eigenvalue weighted by Crippen LogP contribution is 2.38. The van der Waals surface area contributed by atoms with Gasteiger partial charge in [-0.15, -0.1) is 0 Å². The van der Waals surface area contributed by atoms with Crippen LogP contribution in [0.25, 0.3) is 0 Å². The van der Waals surface area contributed by atoms with Crippen LogP contribution in [0.4, 0.5) is 10.1 Å². The van der Waals surface area contributed by atoms with Crippen LogP contribution in [-0.2, 0) is 6.42 Å². The van der Waals surface area contributed by atoms with E-state index in [4.69, 9.17) is 9.47 Å². The van der Waals surface area contributed by atoms with Gasteiger partial charge in [-0.05, 0) is 25.0 Å². The first kappa shape index (κ1) is 15.3. The molecule has 2 aromatic carbocycles. The zero-order valence-electron chi connectivity index (χ0n) is 13.1. The van der Waals surface area contributed by atoms with E-state index in [-0.39, 0.29) is 11.5 Å². The van der Waals surface area contributed by atoms with Gasteiger partial charge in [0.15, 0.2) is 0 Å². The van der Waals surface area contributed by atoms with Crippen LogP contribution in [0.3, 0.4) is 0 Å². The largest absolute Gasteiger partial charge is 0.497 e. The van der Waals surface area contributed by atoms with E-state index in [1.165, 1.54) is 12.1 Å². The molecule has 4 nitrogen and oxygen atoms in total. The summed E-state index contributed by atoms with van der Waals surface area (Å²) in [5.41, 5.74) is 1.74. The fourth-order valence-electron chi connectivity index (χ4n) is 2.92. The van der Waals surface area contributed by atoms with E-state index in [1.807, 2.05) is 0 Å². The predicted octanol–water partition coefficient (Wildman–Crippen LogP) is 3.44. The van der Waals surface area contributed by atoms with E-state index < -0.39 is 5.82 Å². The summed E-state index contributed by atoms with van der Waals surface area (Å²) in [4.78, 5) is 14.4. The van der Waals surface area contributed by atoms with Crippen LogP contribution in [0.5, 0.6) is 11.5 Å². The molecule has 0 radical (unpaired) electrons. The lowest BCUT2D eigenvalue weighted by molar-refractivity contribution is 0.0981. The van der Waals surface area contributed by atoms with Crippen LogP contribution >= 0.6 is 0 Å². The lowest BCUT2D eigenvalue weighted by Crippen LogP contribution is -2.36. The average molecular weight is 315 g/mol. The van der Waals surface area contributed by atoms with Gasteiger partial charge < -0.3 is 14.4 Å². The van der Waals surface area contributed by atoms with Crippen molar-refractivity contribution < 1.29 is 18.7 Å². The van der Waals surface area contributed by atoms with Gasteiger partial charge in [-0.2, -0.15) is 0 Å². The Morgan fingerprint density at radius 2 is 1.96 bits per heavy atom. The van der Waals surface area contributed by atoms with Crippen LogP contribution in [0.15, 0.2) is 36.4 Å². The molecule has 1 amide bonds. The summed E-state index contributed by atoms with van der Waals surface area (Å²) in [7, 11) is 3.15. The Balaban J connectivity index is 2.08. The molecule has 1 aliphatic rings. The number of methoxy groups -OCH3 is 2. The Morgan fingerprint density at radius 3 is 2.65 bits per heavy atom. The molecule has 23 heavy (non-hydrogen) atoms. The fourth-order valence-corrected chi connectivity index (χ4v) is 2.92. The molecule has 0 aliphatic carbocycles. The lowest BCUT2D eigenvalue weighted by Gasteiger charge is -2.31. The quantitative estimate of drug-likeness (QED) is 0.871. The molecule has 0 fully saturated rings. The highest BCUT2D eigenvalue weighted by Gasteiger charge is 2.28. The van der Waals surface area contributed by atoms with E-state index >= 15 is 0 Å². The summed E-state index contributed by atoms with van der Waals surface area (Å²) < 4.78 is 24.7. The number of hydrogen-bond acceptors (Lipinski definition) is 3. The molecule has 2 aromatic rings. The topological polar surface area (TPSA) is 38.8 Å². The number of rotatable bonds is 3. The third-order valence-corrected chi connectivity index (χ3v) is 4.06. The zero-order chi connectivity index (χ0) is 16.4. The number of amides is 1. The van der Waals surface area contributed by atoms with E-state index in [0.717, 1.165) is 24.1 Å². The van der Waals surface area contributed by atoms with Gasteiger partial charge >= 0.3 is 0 Å². The number of halogens is 1. The monoisotopic (exact) mass is 315 g/mol. The highest BCUT2D eigenvalue weighted by atomic mass is 19.1. The zero-order valence-corrected chi connectivity index (χ0v) is 13.1. The molecule has 1 aliphatic heterocycles. The first-order valence-corrected chi connectivity index (χ1v) is 7.47. The maximum atomic E-state index is 14.0. The van der Waals surface area contributed by atoms with E-state index in [1.54, 1.807) is 43.4 Å². The minimum Gasteiger partial charge on any atom is -0.497 e. The maximum absolute atomic E-state index is 14.0. The molecular weight excluding hydrogens is 297 g/mol. The molecule has 1 heterocycles. The van der Waals surface area contributed by atoms with Crippen molar-refractivity contribution in [1.82, 2.24) is 0 Å². The SMILES string of the molecule is COc1cc(OC)c2c(c1)N(C(=O)c1ccccc1F)CCC2. The number of nitrogens with zero attached hydrogens (tertiary/aromatic N) is 1. The summed E-state index contributed by atoms with van der Waals surface area (Å²) in [5.74, 6) is 0.429. The molecule has 0 saturated heterocycles. The number of benzene rings is 2. The average Bonchev–Trinajstić information content (AvgIpc) is 2.60. The van der Waals surface area contributed by atoms with Crippen molar-refractivity contribution in [2.24, 2.45) is 0 Å². The van der Waals surface area contributed by atoms with Crippen LogP contribution in [0.2, 0.25) is 0 Å². The summed E-state index contributed by atoms with van der Waals surface area (Å²) in [6, 6.07) is 9.63. The number of hydrogen-bond donors (Lipinski definition) is 0. The van der Waals surface area contributed by atoms with Gasteiger partial charge in [0.05, 0.1) is 25.5 Å². The summed E-state index contributed by atoms with van der Waals surface area (Å²) >= 11 is 0. The normalized spacial score (nSPS) is 13.4. The molecule has 0 N–H and O–H groups in total. The lowest BCUT2D eigenvalue weighted by atomic mass is 9.99. The van der Waals surface area contributed by atoms with Crippen molar-refractivity contribution in [1.29, 1.82) is 0 Å². The highest BCUT2D eigenvalue weighted by molar-refractivity contribution is 6.07. The fraction of sp³-hybridized carbons (Fsp3) is 0.278. The number of ether oxygens (including phenoxy) is 2. The van der Waals surface area contributed by atoms with E-state index in [2.05, 4.69) is 0 Å². The number of fused-ring (bicyclic) bond motifs is 1. The van der Waals surface area contributed by atoms with Gasteiger partial charge in [0.2, 0.25) is 0 Å². The summed E-state index contributed by atoms with van der Waals surface area (Å²) in [5, 5.41) is 0. The second-order valence-electron chi connectivity index (χ2n) is 5.37. The Morgan fingerprint density at radius 1 is 1.17 bits per heavy atom. The van der Waals surface area contributed by atoms with Crippen molar-refractivity contribution in [2.75, 3.05) is 25.7 Å².